The third-order valence-corrected chi connectivity index (χ3v) is 2.41. The largest absolute Gasteiger partial charge is 0.542 e. The van der Waals surface area contributed by atoms with Crippen LogP contribution >= 0.6 is 0 Å². The van der Waals surface area contributed by atoms with Crippen LogP contribution in [0.4, 0.5) is 4.79 Å². The number of nitrogens with zero attached hydrogens (tertiary/aromatic N) is 1. The lowest BCUT2D eigenvalue weighted by atomic mass is 10.2. The summed E-state index contributed by atoms with van der Waals surface area (Å²) in [6.07, 6.45) is 3.56. The van der Waals surface area contributed by atoms with Gasteiger partial charge in [0.25, 0.3) is 0 Å². The molecule has 0 saturated carbocycles. The van der Waals surface area contributed by atoms with Gasteiger partial charge in [-0.1, -0.05) is 0 Å². The monoisotopic (exact) mass is 229 g/mol. The highest BCUT2D eigenvalue weighted by molar-refractivity contribution is 5.99. The van der Waals surface area contributed by atoms with E-state index in [9.17, 15) is 4.79 Å². The molecule has 0 aliphatic carbocycles. The maximum absolute atomic E-state index is 11.8. The molecule has 15 heavy (non-hydrogen) atoms. The van der Waals surface area contributed by atoms with E-state index in [0.717, 1.165) is 12.8 Å². The molecule has 0 spiro atoms. The van der Waals surface area contributed by atoms with Crippen LogP contribution in [0.1, 0.15) is 33.6 Å². The molecule has 0 saturated heterocycles. The van der Waals surface area contributed by atoms with Crippen LogP contribution in [0.25, 0.3) is 0 Å². The van der Waals surface area contributed by atoms with Crippen LogP contribution in [-0.2, 0) is 9.16 Å². The Morgan fingerprint density at radius 3 is 2.73 bits per heavy atom. The molecule has 1 aliphatic heterocycles. The van der Waals surface area contributed by atoms with Crippen molar-refractivity contribution in [3.63, 3.8) is 0 Å². The Kier molecular flexibility index (Phi) is 3.79. The second-order valence-electron chi connectivity index (χ2n) is 4.52. The van der Waals surface area contributed by atoms with Crippen molar-refractivity contribution in [1.29, 1.82) is 0 Å². The highest BCUT2D eigenvalue weighted by Crippen LogP contribution is 2.18. The molecule has 86 valence electrons. The van der Waals surface area contributed by atoms with Crippen LogP contribution < -0.4 is 0 Å². The molecule has 0 N–H and O–H groups in total. The van der Waals surface area contributed by atoms with Gasteiger partial charge in [0.2, 0.25) is 10.5 Å². The van der Waals surface area contributed by atoms with Gasteiger partial charge in [-0.2, -0.15) is 0 Å². The lowest BCUT2D eigenvalue weighted by Crippen LogP contribution is -2.38. The number of ether oxygens (including phenoxy) is 1. The number of allylic oxidation sites excluding steroid dienone is 1. The van der Waals surface area contributed by atoms with Gasteiger partial charge >= 0.3 is 6.09 Å². The van der Waals surface area contributed by atoms with E-state index in [2.05, 4.69) is 0 Å². The number of hydrogen-bond donors (Lipinski definition) is 0. The van der Waals surface area contributed by atoms with Crippen molar-refractivity contribution in [1.82, 2.24) is 4.90 Å². The SMILES string of the molecule is CC(C)(C)OC(=O)N1CCCC=C1O[SiH3]. The third-order valence-electron chi connectivity index (χ3n) is 1.99. The van der Waals surface area contributed by atoms with E-state index in [1.807, 2.05) is 26.8 Å². The van der Waals surface area contributed by atoms with Crippen molar-refractivity contribution in [2.75, 3.05) is 6.54 Å². The molecule has 0 atom stereocenters. The summed E-state index contributed by atoms with van der Waals surface area (Å²) in [5, 5.41) is 0. The molecule has 0 bridgehead atoms. The van der Waals surface area contributed by atoms with E-state index in [0.29, 0.717) is 22.9 Å². The molecule has 1 heterocycles. The summed E-state index contributed by atoms with van der Waals surface area (Å²) in [6, 6.07) is 0. The summed E-state index contributed by atoms with van der Waals surface area (Å²) in [4.78, 5) is 13.4. The first-order valence-corrected chi connectivity index (χ1v) is 6.00. The average molecular weight is 229 g/mol. The molecule has 0 aromatic rings. The molecule has 1 amide bonds. The van der Waals surface area contributed by atoms with Gasteiger partial charge in [0, 0.05) is 6.54 Å². The van der Waals surface area contributed by atoms with E-state index in [1.165, 1.54) is 0 Å². The first kappa shape index (κ1) is 12.1. The van der Waals surface area contributed by atoms with Crippen molar-refractivity contribution < 1.29 is 14.0 Å². The van der Waals surface area contributed by atoms with Crippen molar-refractivity contribution >= 4 is 16.6 Å². The molecule has 0 fully saturated rings. The van der Waals surface area contributed by atoms with Crippen LogP contribution in [0.2, 0.25) is 0 Å². The maximum Gasteiger partial charge on any atom is 0.417 e. The zero-order valence-corrected chi connectivity index (χ0v) is 11.9. The summed E-state index contributed by atoms with van der Waals surface area (Å²) in [5.41, 5.74) is -0.454. The first-order chi connectivity index (χ1) is 6.94. The lowest BCUT2D eigenvalue weighted by Gasteiger charge is -2.30. The summed E-state index contributed by atoms with van der Waals surface area (Å²) in [5.74, 6) is 0.655. The van der Waals surface area contributed by atoms with Crippen molar-refractivity contribution in [3.05, 3.63) is 12.0 Å². The predicted molar refractivity (Wildman–Crippen MR) is 61.3 cm³/mol. The van der Waals surface area contributed by atoms with Crippen LogP contribution in [0.3, 0.4) is 0 Å². The number of rotatable bonds is 1. The third kappa shape index (κ3) is 3.58. The minimum Gasteiger partial charge on any atom is -0.542 e. The Labute approximate surface area is 93.8 Å². The zero-order chi connectivity index (χ0) is 11.5. The number of carbonyl (C=O) groups is 1. The van der Waals surface area contributed by atoms with Gasteiger partial charge in [0.1, 0.15) is 5.60 Å². The molecule has 0 unspecified atom stereocenters. The number of hydrogen-bond acceptors (Lipinski definition) is 3. The van der Waals surface area contributed by atoms with E-state index in [4.69, 9.17) is 9.16 Å². The fraction of sp³-hybridized carbons (Fsp3) is 0.700. The van der Waals surface area contributed by atoms with E-state index in [1.54, 1.807) is 4.90 Å². The molecule has 1 rings (SSSR count). The van der Waals surface area contributed by atoms with Crippen molar-refractivity contribution in [2.45, 2.75) is 39.2 Å². The molecule has 5 heteroatoms. The molecule has 0 aromatic heterocycles. The van der Waals surface area contributed by atoms with Gasteiger partial charge in [-0.15, -0.1) is 0 Å². The van der Waals surface area contributed by atoms with Gasteiger partial charge in [0.05, 0.1) is 0 Å². The smallest absolute Gasteiger partial charge is 0.417 e. The molecule has 4 nitrogen and oxygen atoms in total. The van der Waals surface area contributed by atoms with Crippen LogP contribution in [0, 0.1) is 0 Å². The lowest BCUT2D eigenvalue weighted by molar-refractivity contribution is 0.0230. The van der Waals surface area contributed by atoms with Crippen molar-refractivity contribution in [2.24, 2.45) is 0 Å². The highest BCUT2D eigenvalue weighted by Gasteiger charge is 2.26. The van der Waals surface area contributed by atoms with E-state index < -0.39 is 5.60 Å². The van der Waals surface area contributed by atoms with E-state index >= 15 is 0 Å². The Bertz CT molecular complexity index is 270. The highest BCUT2D eigenvalue weighted by atomic mass is 28.2. The van der Waals surface area contributed by atoms with Gasteiger partial charge in [0.15, 0.2) is 5.88 Å². The van der Waals surface area contributed by atoms with Gasteiger partial charge < -0.3 is 9.16 Å². The molecule has 0 radical (unpaired) electrons. The fourth-order valence-corrected chi connectivity index (χ4v) is 1.77. The predicted octanol–water partition coefficient (Wildman–Crippen LogP) is 1.16. The standard InChI is InChI=1S/C10H19NO3Si/c1-10(2,3)13-9(12)11-7-5-4-6-8(11)14-15/h6H,4-5,7H2,1-3,15H3. The minimum absolute atomic E-state index is 0.315. The Hall–Kier alpha value is -0.973. The Morgan fingerprint density at radius 1 is 1.53 bits per heavy atom. The normalized spacial score (nSPS) is 17.3. The van der Waals surface area contributed by atoms with Crippen molar-refractivity contribution in [3.8, 4) is 0 Å². The Balaban J connectivity index is 2.66. The quantitative estimate of drug-likeness (QED) is 0.633. The molecular weight excluding hydrogens is 210 g/mol. The average Bonchev–Trinajstić information content (AvgIpc) is 2.15. The maximum atomic E-state index is 11.8. The minimum atomic E-state index is -0.454. The van der Waals surface area contributed by atoms with Gasteiger partial charge in [-0.05, 0) is 39.7 Å². The second-order valence-corrected chi connectivity index (χ2v) is 4.93. The molecule has 1 aliphatic rings. The second kappa shape index (κ2) is 4.70. The number of amides is 1. The van der Waals surface area contributed by atoms with Crippen LogP contribution in [0.5, 0.6) is 0 Å². The van der Waals surface area contributed by atoms with Gasteiger partial charge in [-0.25, -0.2) is 9.69 Å². The zero-order valence-electron chi connectivity index (χ0n) is 9.87. The molecule has 0 aromatic carbocycles. The van der Waals surface area contributed by atoms with Crippen LogP contribution in [-0.4, -0.2) is 33.6 Å². The van der Waals surface area contributed by atoms with Gasteiger partial charge in [-0.3, -0.25) is 0 Å². The summed E-state index contributed by atoms with van der Waals surface area (Å²) >= 11 is 0. The molecular formula is C10H19NO3Si. The fourth-order valence-electron chi connectivity index (χ4n) is 1.39. The Morgan fingerprint density at radius 2 is 2.20 bits per heavy atom. The summed E-state index contributed by atoms with van der Waals surface area (Å²) in [6.45, 7) is 6.27. The summed E-state index contributed by atoms with van der Waals surface area (Å²) < 4.78 is 10.6. The number of carbonyl (C=O) groups excluding carboxylic acids is 1. The van der Waals surface area contributed by atoms with E-state index in [-0.39, 0.29) is 6.09 Å². The van der Waals surface area contributed by atoms with Crippen LogP contribution in [0.15, 0.2) is 12.0 Å². The first-order valence-electron chi connectivity index (χ1n) is 5.19. The summed E-state index contributed by atoms with van der Waals surface area (Å²) in [7, 11) is 0.588. The topological polar surface area (TPSA) is 38.8 Å².